The van der Waals surface area contributed by atoms with Crippen molar-refractivity contribution in [2.75, 3.05) is 0 Å². The maximum atomic E-state index is 11.2. The zero-order chi connectivity index (χ0) is 13.1. The third kappa shape index (κ3) is 2.56. The lowest BCUT2D eigenvalue weighted by atomic mass is 10.2. The van der Waals surface area contributed by atoms with Crippen molar-refractivity contribution in [1.82, 2.24) is 20.1 Å². The Labute approximate surface area is 104 Å². The second kappa shape index (κ2) is 5.00. The van der Waals surface area contributed by atoms with Gasteiger partial charge in [0.1, 0.15) is 10.6 Å². The highest BCUT2D eigenvalue weighted by molar-refractivity contribution is 7.98. The van der Waals surface area contributed by atoms with Crippen LogP contribution in [0.1, 0.15) is 21.9 Å². The van der Waals surface area contributed by atoms with Crippen molar-refractivity contribution in [2.45, 2.75) is 17.7 Å². The van der Waals surface area contributed by atoms with E-state index in [1.165, 1.54) is 13.3 Å². The fourth-order valence-electron chi connectivity index (χ4n) is 1.31. The van der Waals surface area contributed by atoms with Crippen LogP contribution in [-0.2, 0) is 5.75 Å². The molecule has 18 heavy (non-hydrogen) atoms. The molecule has 2 aromatic rings. The highest BCUT2D eigenvalue weighted by Gasteiger charge is 2.17. The molecule has 0 amide bonds. The van der Waals surface area contributed by atoms with Crippen LogP contribution in [0.5, 0.6) is 0 Å². The van der Waals surface area contributed by atoms with E-state index >= 15 is 0 Å². The van der Waals surface area contributed by atoms with E-state index in [9.17, 15) is 9.59 Å². The SMILES string of the molecule is Cc1[nH]c(=O)nc(SCc2ncno2)c1C(=O)O. The summed E-state index contributed by atoms with van der Waals surface area (Å²) < 4.78 is 4.77. The number of nitrogens with one attached hydrogen (secondary N) is 1. The summed E-state index contributed by atoms with van der Waals surface area (Å²) in [6.45, 7) is 1.50. The lowest BCUT2D eigenvalue weighted by molar-refractivity contribution is 0.0690. The molecule has 0 aliphatic rings. The van der Waals surface area contributed by atoms with Crippen LogP contribution in [0, 0.1) is 6.92 Å². The molecule has 0 radical (unpaired) electrons. The Kier molecular flexibility index (Phi) is 3.42. The van der Waals surface area contributed by atoms with Crippen LogP contribution in [0.25, 0.3) is 0 Å². The first-order chi connectivity index (χ1) is 8.58. The number of aromatic carboxylic acids is 1. The number of carboxylic acid groups (broad SMARTS) is 1. The number of H-pyrrole nitrogens is 1. The molecule has 2 N–H and O–H groups in total. The van der Waals surface area contributed by atoms with Crippen LogP contribution in [0.2, 0.25) is 0 Å². The van der Waals surface area contributed by atoms with Gasteiger partial charge in [-0.15, -0.1) is 0 Å². The topological polar surface area (TPSA) is 122 Å². The van der Waals surface area contributed by atoms with E-state index in [4.69, 9.17) is 9.63 Å². The Balaban J connectivity index is 2.31. The van der Waals surface area contributed by atoms with Gasteiger partial charge in [0.15, 0.2) is 6.33 Å². The molecule has 0 spiro atoms. The normalized spacial score (nSPS) is 10.5. The predicted octanol–water partition coefficient (Wildman–Crippen LogP) is 0.452. The molecule has 0 saturated heterocycles. The summed E-state index contributed by atoms with van der Waals surface area (Å²) in [5, 5.41) is 12.6. The summed E-state index contributed by atoms with van der Waals surface area (Å²) >= 11 is 1.05. The molecular formula is C9H8N4O4S. The zero-order valence-corrected chi connectivity index (χ0v) is 10.0. The Morgan fingerprint density at radius 2 is 2.39 bits per heavy atom. The average Bonchev–Trinajstić information content (AvgIpc) is 2.77. The number of hydrogen-bond acceptors (Lipinski definition) is 7. The Bertz CT molecular complexity index is 622. The van der Waals surface area contributed by atoms with Gasteiger partial charge in [-0.3, -0.25) is 0 Å². The van der Waals surface area contributed by atoms with Crippen molar-refractivity contribution in [3.8, 4) is 0 Å². The quantitative estimate of drug-likeness (QED) is 0.605. The van der Waals surface area contributed by atoms with Crippen molar-refractivity contribution < 1.29 is 14.4 Å². The second-order valence-corrected chi connectivity index (χ2v) is 4.24. The fourth-order valence-corrected chi connectivity index (χ4v) is 2.22. The van der Waals surface area contributed by atoms with E-state index in [-0.39, 0.29) is 22.0 Å². The maximum absolute atomic E-state index is 11.2. The number of aryl methyl sites for hydroxylation is 1. The van der Waals surface area contributed by atoms with Crippen molar-refractivity contribution in [1.29, 1.82) is 0 Å². The summed E-state index contributed by atoms with van der Waals surface area (Å²) in [7, 11) is 0. The summed E-state index contributed by atoms with van der Waals surface area (Å²) in [5.74, 6) is -0.573. The van der Waals surface area contributed by atoms with Crippen molar-refractivity contribution in [3.63, 3.8) is 0 Å². The maximum Gasteiger partial charge on any atom is 0.346 e. The molecule has 94 valence electrons. The lowest BCUT2D eigenvalue weighted by Gasteiger charge is -2.05. The smallest absolute Gasteiger partial charge is 0.346 e. The van der Waals surface area contributed by atoms with Crippen molar-refractivity contribution in [2.24, 2.45) is 0 Å². The molecule has 2 rings (SSSR count). The van der Waals surface area contributed by atoms with Crippen LogP contribution in [0.15, 0.2) is 20.7 Å². The van der Waals surface area contributed by atoms with E-state index in [1.807, 2.05) is 0 Å². The highest BCUT2D eigenvalue weighted by Crippen LogP contribution is 2.23. The first kappa shape index (κ1) is 12.3. The molecule has 0 saturated carbocycles. The summed E-state index contributed by atoms with van der Waals surface area (Å²) in [5.41, 5.74) is -0.361. The van der Waals surface area contributed by atoms with E-state index in [0.717, 1.165) is 11.8 Å². The molecule has 0 unspecified atom stereocenters. The minimum Gasteiger partial charge on any atom is -0.478 e. The fraction of sp³-hybridized carbons (Fsp3) is 0.222. The number of carbonyl (C=O) groups is 1. The minimum atomic E-state index is -1.15. The van der Waals surface area contributed by atoms with Crippen molar-refractivity contribution in [3.05, 3.63) is 34.0 Å². The average molecular weight is 268 g/mol. The summed E-state index contributed by atoms with van der Waals surface area (Å²) in [6.07, 6.45) is 1.24. The third-order valence-corrected chi connectivity index (χ3v) is 3.00. The van der Waals surface area contributed by atoms with Crippen LogP contribution in [0.4, 0.5) is 0 Å². The van der Waals surface area contributed by atoms with Crippen molar-refractivity contribution >= 4 is 17.7 Å². The van der Waals surface area contributed by atoms with Gasteiger partial charge < -0.3 is 14.6 Å². The van der Waals surface area contributed by atoms with Gasteiger partial charge in [-0.1, -0.05) is 16.9 Å². The van der Waals surface area contributed by atoms with Gasteiger partial charge in [-0.05, 0) is 6.92 Å². The minimum absolute atomic E-state index is 0.0286. The molecule has 0 atom stereocenters. The monoisotopic (exact) mass is 268 g/mol. The number of carboxylic acids is 1. The van der Waals surface area contributed by atoms with Gasteiger partial charge in [0, 0.05) is 5.69 Å². The van der Waals surface area contributed by atoms with Crippen LogP contribution in [-0.4, -0.2) is 31.2 Å². The molecule has 0 fully saturated rings. The number of nitrogens with zero attached hydrogens (tertiary/aromatic N) is 3. The molecule has 0 aromatic carbocycles. The zero-order valence-electron chi connectivity index (χ0n) is 9.21. The number of aromatic nitrogens is 4. The molecule has 0 aliphatic carbocycles. The molecule has 9 heteroatoms. The predicted molar refractivity (Wildman–Crippen MR) is 60.4 cm³/mol. The largest absolute Gasteiger partial charge is 0.478 e. The first-order valence-corrected chi connectivity index (χ1v) is 5.79. The third-order valence-electron chi connectivity index (χ3n) is 2.04. The lowest BCUT2D eigenvalue weighted by Crippen LogP contribution is -2.18. The molecule has 0 bridgehead atoms. The number of rotatable bonds is 4. The van der Waals surface area contributed by atoms with E-state index in [2.05, 4.69) is 20.1 Å². The van der Waals surface area contributed by atoms with Gasteiger partial charge in [-0.2, -0.15) is 9.97 Å². The van der Waals surface area contributed by atoms with Crippen LogP contribution >= 0.6 is 11.8 Å². The van der Waals surface area contributed by atoms with Crippen LogP contribution < -0.4 is 5.69 Å². The van der Waals surface area contributed by atoms with Gasteiger partial charge in [0.05, 0.1) is 5.75 Å². The molecule has 8 nitrogen and oxygen atoms in total. The molecule has 2 aromatic heterocycles. The van der Waals surface area contributed by atoms with Gasteiger partial charge >= 0.3 is 11.7 Å². The first-order valence-electron chi connectivity index (χ1n) is 4.80. The van der Waals surface area contributed by atoms with E-state index in [0.29, 0.717) is 5.89 Å². The van der Waals surface area contributed by atoms with E-state index in [1.54, 1.807) is 0 Å². The molecule has 2 heterocycles. The number of hydrogen-bond donors (Lipinski definition) is 2. The second-order valence-electron chi connectivity index (χ2n) is 3.28. The van der Waals surface area contributed by atoms with Gasteiger partial charge in [0.2, 0.25) is 5.89 Å². The number of thioether (sulfide) groups is 1. The summed E-state index contributed by atoms with van der Waals surface area (Å²) in [6, 6.07) is 0. The Morgan fingerprint density at radius 3 is 3.00 bits per heavy atom. The highest BCUT2D eigenvalue weighted by atomic mass is 32.2. The standard InChI is InChI=1S/C9H8N4O4S/c1-4-6(8(14)15)7(13-9(16)12-4)18-2-5-10-3-11-17-5/h3H,2H2,1H3,(H,14,15)(H,12,13,16). The Hall–Kier alpha value is -2.16. The van der Waals surface area contributed by atoms with Gasteiger partial charge in [0.25, 0.3) is 0 Å². The van der Waals surface area contributed by atoms with E-state index < -0.39 is 11.7 Å². The Morgan fingerprint density at radius 1 is 1.61 bits per heavy atom. The van der Waals surface area contributed by atoms with Crippen LogP contribution in [0.3, 0.4) is 0 Å². The summed E-state index contributed by atoms with van der Waals surface area (Å²) in [4.78, 5) is 32.1. The number of aromatic amines is 1. The molecular weight excluding hydrogens is 260 g/mol. The van der Waals surface area contributed by atoms with Gasteiger partial charge in [-0.25, -0.2) is 9.59 Å². The molecule has 0 aliphatic heterocycles.